The Morgan fingerprint density at radius 1 is 1.27 bits per heavy atom. The lowest BCUT2D eigenvalue weighted by Crippen LogP contribution is -2.24. The van der Waals surface area contributed by atoms with Gasteiger partial charge in [-0.15, -0.1) is 0 Å². The fourth-order valence-corrected chi connectivity index (χ4v) is 1.29. The maximum absolute atomic E-state index is 5.76. The van der Waals surface area contributed by atoms with Crippen LogP contribution < -0.4 is 10.1 Å². The van der Waals surface area contributed by atoms with Crippen molar-refractivity contribution in [2.75, 3.05) is 19.7 Å². The quantitative estimate of drug-likeness (QED) is 0.755. The van der Waals surface area contributed by atoms with E-state index in [1.54, 1.807) is 0 Å². The Bertz CT molecular complexity index is 271. The molecule has 0 aliphatic heterocycles. The molecule has 84 valence electrons. The zero-order valence-electron chi connectivity index (χ0n) is 9.29. The summed E-state index contributed by atoms with van der Waals surface area (Å²) in [7, 11) is 0. The Morgan fingerprint density at radius 2 is 1.93 bits per heavy atom. The fourth-order valence-electron chi connectivity index (χ4n) is 1.16. The van der Waals surface area contributed by atoms with Gasteiger partial charge in [0.25, 0.3) is 0 Å². The predicted octanol–water partition coefficient (Wildman–Crippen LogP) is 2.96. The summed E-state index contributed by atoms with van der Waals surface area (Å²) in [5.74, 6) is 1.55. The molecule has 1 aromatic rings. The number of rotatable bonds is 6. The fraction of sp³-hybridized carbons (Fsp3) is 0.500. The summed E-state index contributed by atoms with van der Waals surface area (Å²) in [4.78, 5) is 0. The largest absolute Gasteiger partial charge is 0.492 e. The molecule has 0 atom stereocenters. The van der Waals surface area contributed by atoms with E-state index < -0.39 is 0 Å². The second kappa shape index (κ2) is 6.70. The average Bonchev–Trinajstić information content (AvgIpc) is 2.20. The molecule has 0 aromatic heterocycles. The molecule has 1 rings (SSSR count). The van der Waals surface area contributed by atoms with Gasteiger partial charge in [-0.1, -0.05) is 25.4 Å². The summed E-state index contributed by atoms with van der Waals surface area (Å²) in [6.07, 6.45) is 0. The molecule has 0 aliphatic carbocycles. The van der Waals surface area contributed by atoms with Crippen molar-refractivity contribution < 1.29 is 4.74 Å². The first kappa shape index (κ1) is 12.3. The lowest BCUT2D eigenvalue weighted by molar-refractivity contribution is 0.311. The molecule has 0 bridgehead atoms. The van der Waals surface area contributed by atoms with Crippen molar-refractivity contribution in [3.63, 3.8) is 0 Å². The number of benzene rings is 1. The third-order valence-electron chi connectivity index (χ3n) is 1.91. The molecule has 0 aliphatic rings. The average molecular weight is 228 g/mol. The van der Waals surface area contributed by atoms with Crippen LogP contribution in [0.15, 0.2) is 24.3 Å². The van der Waals surface area contributed by atoms with Gasteiger partial charge >= 0.3 is 0 Å². The zero-order chi connectivity index (χ0) is 11.1. The molecular formula is C12H18ClNO. The summed E-state index contributed by atoms with van der Waals surface area (Å²) in [6, 6.07) is 7.42. The molecule has 0 amide bonds. The van der Waals surface area contributed by atoms with E-state index in [1.807, 2.05) is 24.3 Å². The minimum atomic E-state index is 0.681. The van der Waals surface area contributed by atoms with Gasteiger partial charge in [0.15, 0.2) is 0 Å². The molecular weight excluding hydrogens is 210 g/mol. The van der Waals surface area contributed by atoms with Crippen LogP contribution in [0, 0.1) is 5.92 Å². The van der Waals surface area contributed by atoms with Crippen LogP contribution in [0.4, 0.5) is 0 Å². The third kappa shape index (κ3) is 5.65. The molecule has 0 saturated heterocycles. The van der Waals surface area contributed by atoms with Crippen LogP contribution in [0.25, 0.3) is 0 Å². The molecule has 2 nitrogen and oxygen atoms in total. The van der Waals surface area contributed by atoms with Gasteiger partial charge in [-0.2, -0.15) is 0 Å². The molecule has 0 unspecified atom stereocenters. The van der Waals surface area contributed by atoms with Gasteiger partial charge in [0, 0.05) is 11.6 Å². The Labute approximate surface area is 96.6 Å². The highest BCUT2D eigenvalue weighted by Crippen LogP contribution is 2.14. The SMILES string of the molecule is CC(C)CNCCOc1ccc(Cl)cc1. The molecule has 0 heterocycles. The van der Waals surface area contributed by atoms with E-state index in [1.165, 1.54) is 0 Å². The van der Waals surface area contributed by atoms with Gasteiger partial charge in [0.05, 0.1) is 0 Å². The van der Waals surface area contributed by atoms with Crippen LogP contribution in [0.5, 0.6) is 5.75 Å². The van der Waals surface area contributed by atoms with E-state index >= 15 is 0 Å². The first-order valence-electron chi connectivity index (χ1n) is 5.27. The van der Waals surface area contributed by atoms with Crippen molar-refractivity contribution in [1.82, 2.24) is 5.32 Å². The van der Waals surface area contributed by atoms with Crippen LogP contribution in [0.2, 0.25) is 5.02 Å². The summed E-state index contributed by atoms with van der Waals surface area (Å²) >= 11 is 5.76. The van der Waals surface area contributed by atoms with E-state index in [2.05, 4.69) is 19.2 Å². The monoisotopic (exact) mass is 227 g/mol. The highest BCUT2D eigenvalue weighted by Gasteiger charge is 1.95. The van der Waals surface area contributed by atoms with Crippen LogP contribution in [-0.2, 0) is 0 Å². The topological polar surface area (TPSA) is 21.3 Å². The van der Waals surface area contributed by atoms with Gasteiger partial charge in [0.1, 0.15) is 12.4 Å². The lowest BCUT2D eigenvalue weighted by atomic mass is 10.2. The normalized spacial score (nSPS) is 10.7. The molecule has 0 radical (unpaired) electrons. The van der Waals surface area contributed by atoms with E-state index in [4.69, 9.17) is 16.3 Å². The first-order valence-corrected chi connectivity index (χ1v) is 5.65. The number of halogens is 1. The Hall–Kier alpha value is -0.730. The Morgan fingerprint density at radius 3 is 2.53 bits per heavy atom. The van der Waals surface area contributed by atoms with Crippen molar-refractivity contribution in [3.05, 3.63) is 29.3 Å². The minimum Gasteiger partial charge on any atom is -0.492 e. The number of ether oxygens (including phenoxy) is 1. The molecule has 1 aromatic carbocycles. The molecule has 0 saturated carbocycles. The van der Waals surface area contributed by atoms with E-state index in [0.717, 1.165) is 23.9 Å². The van der Waals surface area contributed by atoms with Crippen molar-refractivity contribution in [1.29, 1.82) is 0 Å². The highest BCUT2D eigenvalue weighted by atomic mass is 35.5. The zero-order valence-corrected chi connectivity index (χ0v) is 10.1. The van der Waals surface area contributed by atoms with Crippen LogP contribution in [0.1, 0.15) is 13.8 Å². The van der Waals surface area contributed by atoms with Crippen LogP contribution >= 0.6 is 11.6 Å². The summed E-state index contributed by atoms with van der Waals surface area (Å²) in [5, 5.41) is 4.05. The summed E-state index contributed by atoms with van der Waals surface area (Å²) < 4.78 is 5.52. The number of nitrogens with one attached hydrogen (secondary N) is 1. The predicted molar refractivity (Wildman–Crippen MR) is 64.7 cm³/mol. The first-order chi connectivity index (χ1) is 7.18. The highest BCUT2D eigenvalue weighted by molar-refractivity contribution is 6.30. The van der Waals surface area contributed by atoms with Crippen molar-refractivity contribution in [2.24, 2.45) is 5.92 Å². The molecule has 1 N–H and O–H groups in total. The van der Waals surface area contributed by atoms with E-state index in [-0.39, 0.29) is 0 Å². The Kier molecular flexibility index (Phi) is 5.51. The second-order valence-corrected chi connectivity index (χ2v) is 4.34. The van der Waals surface area contributed by atoms with Gasteiger partial charge in [-0.05, 0) is 36.7 Å². The van der Waals surface area contributed by atoms with Crippen molar-refractivity contribution in [2.45, 2.75) is 13.8 Å². The number of hydrogen-bond donors (Lipinski definition) is 1. The third-order valence-corrected chi connectivity index (χ3v) is 2.17. The smallest absolute Gasteiger partial charge is 0.119 e. The minimum absolute atomic E-state index is 0.681. The maximum atomic E-state index is 5.76. The molecule has 3 heteroatoms. The standard InChI is InChI=1S/C12H18ClNO/c1-10(2)9-14-7-8-15-12-5-3-11(13)4-6-12/h3-6,10,14H,7-9H2,1-2H3. The van der Waals surface area contributed by atoms with Crippen molar-refractivity contribution in [3.8, 4) is 5.75 Å². The molecule has 15 heavy (non-hydrogen) atoms. The van der Waals surface area contributed by atoms with E-state index in [9.17, 15) is 0 Å². The summed E-state index contributed by atoms with van der Waals surface area (Å²) in [6.45, 7) is 6.97. The van der Waals surface area contributed by atoms with Gasteiger partial charge in [-0.25, -0.2) is 0 Å². The van der Waals surface area contributed by atoms with Crippen LogP contribution in [-0.4, -0.2) is 19.7 Å². The molecule has 0 fully saturated rings. The van der Waals surface area contributed by atoms with E-state index in [0.29, 0.717) is 12.5 Å². The van der Waals surface area contributed by atoms with Gasteiger partial charge < -0.3 is 10.1 Å². The Balaban J connectivity index is 2.12. The van der Waals surface area contributed by atoms with Crippen molar-refractivity contribution >= 4 is 11.6 Å². The van der Waals surface area contributed by atoms with Gasteiger partial charge in [0.2, 0.25) is 0 Å². The van der Waals surface area contributed by atoms with Crippen LogP contribution in [0.3, 0.4) is 0 Å². The number of hydrogen-bond acceptors (Lipinski definition) is 2. The molecule has 0 spiro atoms. The second-order valence-electron chi connectivity index (χ2n) is 3.90. The lowest BCUT2D eigenvalue weighted by Gasteiger charge is -2.08. The van der Waals surface area contributed by atoms with Gasteiger partial charge in [-0.3, -0.25) is 0 Å². The maximum Gasteiger partial charge on any atom is 0.119 e. The summed E-state index contributed by atoms with van der Waals surface area (Å²) in [5.41, 5.74) is 0.